The summed E-state index contributed by atoms with van der Waals surface area (Å²) < 4.78 is 149. The van der Waals surface area contributed by atoms with Crippen LogP contribution in [0.4, 0.5) is 11.4 Å². The molecule has 22 nitrogen and oxygen atoms in total. The molecule has 2 aliphatic heterocycles. The minimum Gasteiger partial charge on any atom is -0.457 e. The predicted molar refractivity (Wildman–Crippen MR) is 364 cm³/mol. The Morgan fingerprint density at radius 2 is 0.541 bits per heavy atom. The van der Waals surface area contributed by atoms with Crippen molar-refractivity contribution in [3.63, 3.8) is 0 Å². The molecule has 2 N–H and O–H groups in total. The third-order valence-electron chi connectivity index (χ3n) is 16.7. The minimum atomic E-state index is -4.70. The number of hydrogen-bond donors (Lipinski definition) is 2. The molecule has 0 bridgehead atoms. The lowest BCUT2D eigenvalue weighted by Gasteiger charge is -2.35. The first kappa shape index (κ1) is 68.6. The van der Waals surface area contributed by atoms with Gasteiger partial charge in [-0.15, -0.1) is 25.3 Å². The zero-order valence-corrected chi connectivity index (χ0v) is 56.5. The van der Waals surface area contributed by atoms with Gasteiger partial charge < -0.3 is 18.9 Å². The zero-order chi connectivity index (χ0) is 70.7. The van der Waals surface area contributed by atoms with E-state index in [9.17, 15) is 25.9 Å². The number of amides is 4. The molecule has 0 aliphatic carbocycles. The first-order chi connectivity index (χ1) is 46.4. The molecule has 26 heteroatoms. The van der Waals surface area contributed by atoms with Gasteiger partial charge in [-0.05, 0) is 143 Å². The summed E-state index contributed by atoms with van der Waals surface area (Å²) in [5, 5.41) is 1.47. The standard InChI is InChI=1S/C72H58N2O14S2.2O3S/c1-37(2)47-21-15-22-48(38(3)4)67(47)73-69(75)51-33-55(85-41-17-11-9-12-18-41)61-63-57(87-43-25-29-45(30-26-43)89(79,80)81)35-53-60-54(72(78)74(71(53)77)68-49(39(5)6)23-16-24-50(68)40(7)8)36-58(88-44-27-31-46(32-28-44)90(82,83)84)64(66(60)63)62-56(86-42-19-13-10-14-20-42)34-52(70(73)76)59(51)65(61)62;2*1-4(2)3/h9-40H,1-8H3,(H,79,80,81)(H,82,83,84);;. The predicted octanol–water partition coefficient (Wildman–Crippen LogP) is 15.5. The molecule has 0 saturated heterocycles. The Bertz CT molecular complexity index is 5280. The van der Waals surface area contributed by atoms with Gasteiger partial charge in [0.1, 0.15) is 46.0 Å². The monoisotopic (exact) mass is 1400 g/mol. The second-order valence-electron chi connectivity index (χ2n) is 24.1. The van der Waals surface area contributed by atoms with Crippen LogP contribution in [0.25, 0.3) is 43.1 Å². The molecular formula is C72H58N2O20S4. The van der Waals surface area contributed by atoms with Crippen molar-refractivity contribution in [3.8, 4) is 46.0 Å². The lowest BCUT2D eigenvalue weighted by atomic mass is 9.80. The van der Waals surface area contributed by atoms with E-state index in [1.165, 1.54) is 46.2 Å². The van der Waals surface area contributed by atoms with E-state index in [1.54, 1.807) is 72.8 Å². The smallest absolute Gasteiger partial charge is 0.425 e. The molecule has 0 atom stereocenters. The van der Waals surface area contributed by atoms with E-state index in [0.29, 0.717) is 34.0 Å². The van der Waals surface area contributed by atoms with Crippen molar-refractivity contribution < 1.29 is 89.3 Å². The largest absolute Gasteiger partial charge is 0.457 e. The number of benzene rings is 11. The highest BCUT2D eigenvalue weighted by atomic mass is 32.2. The quantitative estimate of drug-likeness (QED) is 0.0393. The van der Waals surface area contributed by atoms with Gasteiger partial charge in [-0.25, -0.2) is 9.80 Å². The van der Waals surface area contributed by atoms with E-state index in [1.807, 2.05) is 91.8 Å². The summed E-state index contributed by atoms with van der Waals surface area (Å²) in [6.45, 7) is 15.8. The highest BCUT2D eigenvalue weighted by Crippen LogP contribution is 2.59. The van der Waals surface area contributed by atoms with E-state index in [0.717, 1.165) is 35.4 Å². The number of ether oxygens (including phenoxy) is 4. The van der Waals surface area contributed by atoms with Crippen LogP contribution in [0, 0.1) is 0 Å². The van der Waals surface area contributed by atoms with E-state index in [4.69, 9.17) is 44.2 Å². The first-order valence-corrected chi connectivity index (χ1v) is 35.1. The number of imide groups is 2. The summed E-state index contributed by atoms with van der Waals surface area (Å²) in [6, 6.07) is 45.0. The number of carbonyl (C=O) groups excluding carboxylic acids is 4. The van der Waals surface area contributed by atoms with Crippen molar-refractivity contribution in [1.82, 2.24) is 0 Å². The summed E-state index contributed by atoms with van der Waals surface area (Å²) >= 11 is 0. The molecule has 0 aromatic heterocycles. The first-order valence-electron chi connectivity index (χ1n) is 30.3. The van der Waals surface area contributed by atoms with Crippen LogP contribution in [-0.4, -0.2) is 74.8 Å². The van der Waals surface area contributed by atoms with Crippen LogP contribution in [0.1, 0.15) is 143 Å². The minimum absolute atomic E-state index is 0.0117. The summed E-state index contributed by atoms with van der Waals surface area (Å²) in [6.07, 6.45) is 0. The Kier molecular flexibility index (Phi) is 18.7. The molecule has 0 saturated carbocycles. The zero-order valence-electron chi connectivity index (χ0n) is 53.2. The second kappa shape index (κ2) is 26.7. The molecule has 500 valence electrons. The Balaban J connectivity index is 0.00000115. The molecule has 98 heavy (non-hydrogen) atoms. The fourth-order valence-electron chi connectivity index (χ4n) is 12.6. The molecule has 11 aromatic carbocycles. The Morgan fingerprint density at radius 1 is 0.316 bits per heavy atom. The third kappa shape index (κ3) is 12.8. The number of nitrogens with zero attached hydrogens (tertiary/aromatic N) is 2. The topological polar surface area (TPSA) is 323 Å². The maximum atomic E-state index is 16.2. The van der Waals surface area contributed by atoms with Crippen molar-refractivity contribution in [2.45, 2.75) is 88.9 Å². The van der Waals surface area contributed by atoms with E-state index in [-0.39, 0.29) is 124 Å². The van der Waals surface area contributed by atoms with Crippen LogP contribution in [0.15, 0.2) is 180 Å². The fourth-order valence-corrected chi connectivity index (χ4v) is 13.6. The van der Waals surface area contributed by atoms with Gasteiger partial charge in [-0.2, -0.15) is 16.8 Å². The number of fused-ring (bicyclic) bond motifs is 2. The molecule has 2 aliphatic rings. The maximum absolute atomic E-state index is 16.2. The molecule has 0 spiro atoms. The summed E-state index contributed by atoms with van der Waals surface area (Å²) in [4.78, 5) is 66.3. The molecule has 0 fully saturated rings. The van der Waals surface area contributed by atoms with Crippen LogP contribution in [-0.2, 0) is 41.5 Å². The Hall–Kier alpha value is -10.7. The summed E-state index contributed by atoms with van der Waals surface area (Å²) in [5.41, 5.74) is 3.82. The van der Waals surface area contributed by atoms with Crippen molar-refractivity contribution in [1.29, 1.82) is 0 Å². The molecule has 11 aromatic rings. The lowest BCUT2D eigenvalue weighted by Crippen LogP contribution is -2.42. The van der Waals surface area contributed by atoms with Crippen LogP contribution in [0.2, 0.25) is 0 Å². The van der Waals surface area contributed by atoms with Crippen molar-refractivity contribution in [2.75, 3.05) is 9.80 Å². The Labute approximate surface area is 564 Å². The van der Waals surface area contributed by atoms with Gasteiger partial charge in [0.25, 0.3) is 43.9 Å². The van der Waals surface area contributed by atoms with E-state index in [2.05, 4.69) is 0 Å². The summed E-state index contributed by atoms with van der Waals surface area (Å²) in [7, 11) is -15.6. The third-order valence-corrected chi connectivity index (χ3v) is 18.4. The average Bonchev–Trinajstić information content (AvgIpc) is 0.671. The molecule has 13 rings (SSSR count). The average molecular weight is 1400 g/mol. The van der Waals surface area contributed by atoms with Gasteiger partial charge in [0.2, 0.25) is 0 Å². The lowest BCUT2D eigenvalue weighted by molar-refractivity contribution is 0.0877. The molecule has 0 unspecified atom stereocenters. The van der Waals surface area contributed by atoms with Gasteiger partial charge in [-0.1, -0.05) is 128 Å². The van der Waals surface area contributed by atoms with Crippen LogP contribution in [0.3, 0.4) is 0 Å². The second-order valence-corrected chi connectivity index (χ2v) is 27.8. The normalized spacial score (nSPS) is 13.0. The van der Waals surface area contributed by atoms with Crippen LogP contribution >= 0.6 is 0 Å². The molecule has 0 radical (unpaired) electrons. The van der Waals surface area contributed by atoms with E-state index < -0.39 is 74.9 Å². The summed E-state index contributed by atoms with van der Waals surface area (Å²) in [5.74, 6) is -2.78. The van der Waals surface area contributed by atoms with Crippen molar-refractivity contribution in [2.24, 2.45) is 0 Å². The van der Waals surface area contributed by atoms with Crippen LogP contribution in [0.5, 0.6) is 46.0 Å². The molecule has 2 heterocycles. The number of anilines is 2. The maximum Gasteiger partial charge on any atom is 0.425 e. The van der Waals surface area contributed by atoms with Crippen molar-refractivity contribution >= 4 is 120 Å². The highest BCUT2D eigenvalue weighted by Gasteiger charge is 2.44. The SMILES string of the molecule is CC(C)c1cccc(C(C)C)c1N1C(=O)c2cc(Oc3ccccc3)c3c4c(Oc5ccc(S(=O)(=O)O)cc5)cc5c6c(cc(Oc7ccc(S(=O)(=O)O)cc7)c(c7c(Oc8ccccc8)cc(c2c37)C1=O)c64)C(=O)N(c1c(C(C)C)cccc1C(C)C)C5=O.O=S(=O)=O.O=S(=O)=O. The highest BCUT2D eigenvalue weighted by molar-refractivity contribution is 7.86. The van der Waals surface area contributed by atoms with Crippen molar-refractivity contribution in [3.05, 3.63) is 214 Å². The number of rotatable bonds is 16. The van der Waals surface area contributed by atoms with Gasteiger partial charge in [0.05, 0.1) is 43.4 Å². The van der Waals surface area contributed by atoms with Gasteiger partial charge in [0, 0.05) is 43.1 Å². The van der Waals surface area contributed by atoms with Gasteiger partial charge in [-0.3, -0.25) is 28.3 Å². The number of hydrogen-bond acceptors (Lipinski definition) is 18. The van der Waals surface area contributed by atoms with Gasteiger partial charge >= 0.3 is 21.2 Å². The van der Waals surface area contributed by atoms with E-state index >= 15 is 19.2 Å². The molecular weight excluding hydrogens is 1340 g/mol. The van der Waals surface area contributed by atoms with Crippen LogP contribution < -0.4 is 28.7 Å². The van der Waals surface area contributed by atoms with Gasteiger partial charge in [0.15, 0.2) is 0 Å². The Morgan fingerprint density at radius 3 is 0.755 bits per heavy atom. The number of carbonyl (C=O) groups is 4. The fraction of sp³-hybridized carbons (Fsp3) is 0.167. The molecule has 4 amide bonds. The number of para-hydroxylation sites is 4.